The lowest BCUT2D eigenvalue weighted by Gasteiger charge is -2.10. The molecule has 2 aromatic rings. The van der Waals surface area contributed by atoms with Crippen molar-refractivity contribution in [3.8, 4) is 11.8 Å². The fourth-order valence-electron chi connectivity index (χ4n) is 1.82. The predicted molar refractivity (Wildman–Crippen MR) is 72.0 cm³/mol. The van der Waals surface area contributed by atoms with Crippen molar-refractivity contribution in [2.75, 3.05) is 0 Å². The van der Waals surface area contributed by atoms with Crippen molar-refractivity contribution in [2.45, 2.75) is 13.5 Å². The Kier molecular flexibility index (Phi) is 4.11. The third kappa shape index (κ3) is 2.83. The summed E-state index contributed by atoms with van der Waals surface area (Å²) in [4.78, 5) is 11.0. The van der Waals surface area contributed by atoms with Gasteiger partial charge in [0.1, 0.15) is 24.2 Å². The second-order valence-corrected chi connectivity index (χ2v) is 4.34. The highest BCUT2D eigenvalue weighted by Gasteiger charge is 2.09. The summed E-state index contributed by atoms with van der Waals surface area (Å²) < 4.78 is 19.3. The van der Waals surface area contributed by atoms with E-state index in [1.807, 2.05) is 13.0 Å². The largest absolute Gasteiger partial charge is 0.488 e. The first-order chi connectivity index (χ1) is 9.65. The topological polar surface area (TPSA) is 50.1 Å². The van der Waals surface area contributed by atoms with Crippen LogP contribution in [0.3, 0.4) is 0 Å². The molecule has 2 rings (SSSR count). The Morgan fingerprint density at radius 3 is 2.85 bits per heavy atom. The van der Waals surface area contributed by atoms with Crippen LogP contribution in [-0.2, 0) is 6.61 Å². The number of nitriles is 1. The van der Waals surface area contributed by atoms with Crippen molar-refractivity contribution in [3.05, 3.63) is 64.5 Å². The van der Waals surface area contributed by atoms with Gasteiger partial charge >= 0.3 is 0 Å². The zero-order valence-corrected chi connectivity index (χ0v) is 10.9. The van der Waals surface area contributed by atoms with E-state index in [9.17, 15) is 9.18 Å². The van der Waals surface area contributed by atoms with Crippen LogP contribution < -0.4 is 4.74 Å². The average Bonchev–Trinajstić information content (AvgIpc) is 2.47. The first kappa shape index (κ1) is 13.8. The molecule has 0 aliphatic heterocycles. The number of hydrogen-bond acceptors (Lipinski definition) is 3. The second-order valence-electron chi connectivity index (χ2n) is 4.34. The Hall–Kier alpha value is -2.67. The minimum Gasteiger partial charge on any atom is -0.488 e. The number of benzene rings is 2. The van der Waals surface area contributed by atoms with Crippen LogP contribution in [0.4, 0.5) is 4.39 Å². The van der Waals surface area contributed by atoms with Gasteiger partial charge in [-0.3, -0.25) is 4.79 Å². The molecule has 0 N–H and O–H groups in total. The van der Waals surface area contributed by atoms with E-state index in [4.69, 9.17) is 10.00 Å². The van der Waals surface area contributed by atoms with Crippen LogP contribution >= 0.6 is 0 Å². The summed E-state index contributed by atoms with van der Waals surface area (Å²) in [5.41, 5.74) is 1.62. The van der Waals surface area contributed by atoms with Crippen LogP contribution in [0.15, 0.2) is 36.4 Å². The Morgan fingerprint density at radius 2 is 2.15 bits per heavy atom. The molecule has 2 aromatic carbocycles. The lowest BCUT2D eigenvalue weighted by molar-refractivity contribution is 0.111. The highest BCUT2D eigenvalue weighted by molar-refractivity contribution is 5.79. The van der Waals surface area contributed by atoms with Crippen molar-refractivity contribution in [2.24, 2.45) is 0 Å². The van der Waals surface area contributed by atoms with Crippen LogP contribution in [0.2, 0.25) is 0 Å². The maximum atomic E-state index is 13.9. The van der Waals surface area contributed by atoms with Gasteiger partial charge in [-0.25, -0.2) is 4.39 Å². The second kappa shape index (κ2) is 5.98. The molecule has 0 saturated carbocycles. The third-order valence-corrected chi connectivity index (χ3v) is 2.87. The van der Waals surface area contributed by atoms with Crippen LogP contribution in [0.5, 0.6) is 5.75 Å². The van der Waals surface area contributed by atoms with E-state index >= 15 is 0 Å². The van der Waals surface area contributed by atoms with Crippen molar-refractivity contribution >= 4 is 6.29 Å². The summed E-state index contributed by atoms with van der Waals surface area (Å²) in [6, 6.07) is 11.5. The predicted octanol–water partition coefficient (Wildman–Crippen LogP) is 3.40. The molecule has 20 heavy (non-hydrogen) atoms. The van der Waals surface area contributed by atoms with Gasteiger partial charge in [0.15, 0.2) is 6.29 Å². The number of carbonyl (C=O) groups is 1. The Balaban J connectivity index is 2.22. The summed E-state index contributed by atoms with van der Waals surface area (Å²) in [6.07, 6.45) is 0.699. The normalized spacial score (nSPS) is 9.85. The molecule has 0 aliphatic rings. The minimum atomic E-state index is -0.588. The Labute approximate surface area is 116 Å². The molecular formula is C16H12FNO2. The fraction of sp³-hybridized carbons (Fsp3) is 0.125. The maximum Gasteiger partial charge on any atom is 0.153 e. The molecule has 0 bridgehead atoms. The van der Waals surface area contributed by atoms with Crippen LogP contribution in [0, 0.1) is 24.1 Å². The summed E-state index contributed by atoms with van der Waals surface area (Å²) in [6.45, 7) is 1.83. The number of hydrogen-bond donors (Lipinski definition) is 0. The highest BCUT2D eigenvalue weighted by Crippen LogP contribution is 2.21. The Morgan fingerprint density at radius 1 is 1.35 bits per heavy atom. The summed E-state index contributed by atoms with van der Waals surface area (Å²) >= 11 is 0. The SMILES string of the molecule is Cc1ccc(OCc2cccc(C#N)c2F)c(C=O)c1. The van der Waals surface area contributed by atoms with Crippen molar-refractivity contribution in [3.63, 3.8) is 0 Å². The molecule has 0 radical (unpaired) electrons. The summed E-state index contributed by atoms with van der Waals surface area (Å²) in [5, 5.41) is 8.76. The molecule has 4 heteroatoms. The van der Waals surface area contributed by atoms with Crippen LogP contribution in [-0.4, -0.2) is 6.29 Å². The van der Waals surface area contributed by atoms with Gasteiger partial charge in [-0.15, -0.1) is 0 Å². The highest BCUT2D eigenvalue weighted by atomic mass is 19.1. The molecule has 0 heterocycles. The zero-order chi connectivity index (χ0) is 14.5. The third-order valence-electron chi connectivity index (χ3n) is 2.87. The van der Waals surface area contributed by atoms with E-state index < -0.39 is 5.82 Å². The van der Waals surface area contributed by atoms with E-state index in [0.717, 1.165) is 5.56 Å². The fourth-order valence-corrected chi connectivity index (χ4v) is 1.82. The zero-order valence-electron chi connectivity index (χ0n) is 10.9. The number of nitrogens with zero attached hydrogens (tertiary/aromatic N) is 1. The number of ether oxygens (including phenoxy) is 1. The van der Waals surface area contributed by atoms with Crippen LogP contribution in [0.25, 0.3) is 0 Å². The summed E-state index contributed by atoms with van der Waals surface area (Å²) in [7, 11) is 0. The minimum absolute atomic E-state index is 0.0226. The van der Waals surface area contributed by atoms with E-state index in [-0.39, 0.29) is 17.7 Å². The number of rotatable bonds is 4. The monoisotopic (exact) mass is 269 g/mol. The van der Waals surface area contributed by atoms with Crippen molar-refractivity contribution in [1.29, 1.82) is 5.26 Å². The molecule has 0 spiro atoms. The van der Waals surface area contributed by atoms with Gasteiger partial charge < -0.3 is 4.74 Å². The number of aryl methyl sites for hydroxylation is 1. The lowest BCUT2D eigenvalue weighted by Crippen LogP contribution is -2.02. The summed E-state index contributed by atoms with van der Waals surface area (Å²) in [5.74, 6) is -0.192. The van der Waals surface area contributed by atoms with E-state index in [1.165, 1.54) is 6.07 Å². The lowest BCUT2D eigenvalue weighted by atomic mass is 10.1. The molecule has 0 fully saturated rings. The molecule has 3 nitrogen and oxygen atoms in total. The van der Waals surface area contributed by atoms with Crippen molar-refractivity contribution < 1.29 is 13.9 Å². The molecule has 0 aromatic heterocycles. The quantitative estimate of drug-likeness (QED) is 0.799. The maximum absolute atomic E-state index is 13.9. The van der Waals surface area contributed by atoms with Gasteiger partial charge in [0.25, 0.3) is 0 Å². The molecule has 0 saturated heterocycles. The van der Waals surface area contributed by atoms with Gasteiger partial charge in [-0.1, -0.05) is 23.8 Å². The molecular weight excluding hydrogens is 257 g/mol. The van der Waals surface area contributed by atoms with Gasteiger partial charge in [0.2, 0.25) is 0 Å². The molecule has 0 aliphatic carbocycles. The van der Waals surface area contributed by atoms with E-state index in [0.29, 0.717) is 17.6 Å². The van der Waals surface area contributed by atoms with E-state index in [1.54, 1.807) is 30.3 Å². The van der Waals surface area contributed by atoms with Crippen molar-refractivity contribution in [1.82, 2.24) is 0 Å². The number of carbonyl (C=O) groups excluding carboxylic acids is 1. The Bertz CT molecular complexity index is 689. The van der Waals surface area contributed by atoms with Gasteiger partial charge in [0.05, 0.1) is 11.1 Å². The molecule has 0 unspecified atom stereocenters. The first-order valence-electron chi connectivity index (χ1n) is 6.02. The molecule has 0 amide bonds. The smallest absolute Gasteiger partial charge is 0.153 e. The standard InChI is InChI=1S/C16H12FNO2/c1-11-5-6-15(14(7-11)9-19)20-10-13-4-2-3-12(8-18)16(13)17/h2-7,9H,10H2,1H3. The van der Waals surface area contributed by atoms with Gasteiger partial charge in [-0.05, 0) is 25.1 Å². The van der Waals surface area contributed by atoms with Crippen LogP contribution in [0.1, 0.15) is 27.0 Å². The van der Waals surface area contributed by atoms with Gasteiger partial charge in [0, 0.05) is 5.56 Å². The first-order valence-corrected chi connectivity index (χ1v) is 6.02. The van der Waals surface area contributed by atoms with E-state index in [2.05, 4.69) is 0 Å². The number of aldehydes is 1. The molecule has 100 valence electrons. The number of halogens is 1. The average molecular weight is 269 g/mol. The van der Waals surface area contributed by atoms with Gasteiger partial charge in [-0.2, -0.15) is 5.26 Å². The molecule has 0 atom stereocenters.